The number of carbonyl (C=O) groups excluding carboxylic acids is 2. The maximum atomic E-state index is 11.6. The molecule has 16 heavy (non-hydrogen) atoms. The van der Waals surface area contributed by atoms with Crippen LogP contribution in [0.4, 0.5) is 0 Å². The molecule has 0 atom stereocenters. The number of amides is 2. The van der Waals surface area contributed by atoms with Crippen molar-refractivity contribution in [2.45, 2.75) is 13.3 Å². The molecule has 0 fully saturated rings. The second-order valence-corrected chi connectivity index (χ2v) is 3.86. The first kappa shape index (κ1) is 12.5. The molecule has 0 radical (unpaired) electrons. The van der Waals surface area contributed by atoms with Crippen LogP contribution < -0.4 is 11.1 Å². The Kier molecular flexibility index (Phi) is 4.31. The van der Waals surface area contributed by atoms with Gasteiger partial charge in [0, 0.05) is 13.0 Å². The third kappa shape index (κ3) is 3.55. The first-order valence-electron chi connectivity index (χ1n) is 4.83. The number of rotatable bonds is 4. The van der Waals surface area contributed by atoms with Gasteiger partial charge in [-0.25, -0.2) is 0 Å². The van der Waals surface area contributed by atoms with Gasteiger partial charge in [0.2, 0.25) is 5.91 Å². The van der Waals surface area contributed by atoms with Crippen LogP contribution in [0.25, 0.3) is 0 Å². The van der Waals surface area contributed by atoms with Crippen LogP contribution in [0.15, 0.2) is 18.2 Å². The average molecular weight is 241 g/mol. The van der Waals surface area contributed by atoms with Crippen LogP contribution in [-0.2, 0) is 4.79 Å². The van der Waals surface area contributed by atoms with Gasteiger partial charge in [-0.15, -0.1) is 0 Å². The lowest BCUT2D eigenvalue weighted by Crippen LogP contribution is -2.28. The number of aryl methyl sites for hydroxylation is 1. The van der Waals surface area contributed by atoms with E-state index >= 15 is 0 Å². The fraction of sp³-hybridized carbons (Fsp3) is 0.273. The normalized spacial score (nSPS) is 9.88. The van der Waals surface area contributed by atoms with Gasteiger partial charge >= 0.3 is 0 Å². The Morgan fingerprint density at radius 3 is 2.69 bits per heavy atom. The first-order chi connectivity index (χ1) is 7.50. The zero-order valence-electron chi connectivity index (χ0n) is 8.92. The van der Waals surface area contributed by atoms with E-state index in [-0.39, 0.29) is 18.9 Å². The molecule has 0 bridgehead atoms. The van der Waals surface area contributed by atoms with Gasteiger partial charge in [-0.05, 0) is 24.6 Å². The summed E-state index contributed by atoms with van der Waals surface area (Å²) in [6, 6.07) is 5.16. The molecule has 0 saturated carbocycles. The zero-order chi connectivity index (χ0) is 12.1. The summed E-state index contributed by atoms with van der Waals surface area (Å²) in [5.74, 6) is -0.749. The molecular formula is C11H13ClN2O2. The summed E-state index contributed by atoms with van der Waals surface area (Å²) in [6.07, 6.45) is 0.120. The summed E-state index contributed by atoms with van der Waals surface area (Å²) in [4.78, 5) is 22.1. The van der Waals surface area contributed by atoms with Crippen LogP contribution in [-0.4, -0.2) is 18.4 Å². The maximum Gasteiger partial charge on any atom is 0.252 e. The van der Waals surface area contributed by atoms with Crippen molar-refractivity contribution in [2.24, 2.45) is 5.73 Å². The summed E-state index contributed by atoms with van der Waals surface area (Å²) >= 11 is 5.91. The van der Waals surface area contributed by atoms with Crippen molar-refractivity contribution in [3.05, 3.63) is 34.3 Å². The van der Waals surface area contributed by atoms with Crippen LogP contribution >= 0.6 is 11.6 Å². The van der Waals surface area contributed by atoms with Crippen LogP contribution in [0, 0.1) is 6.92 Å². The number of nitrogens with two attached hydrogens (primary N) is 1. The SMILES string of the molecule is Cc1ccc(C(=O)NCCC(N)=O)c(Cl)c1. The minimum Gasteiger partial charge on any atom is -0.370 e. The molecule has 0 aromatic heterocycles. The van der Waals surface area contributed by atoms with Gasteiger partial charge in [0.25, 0.3) is 5.91 Å². The summed E-state index contributed by atoms with van der Waals surface area (Å²) in [6.45, 7) is 2.11. The van der Waals surface area contributed by atoms with Gasteiger partial charge in [0.05, 0.1) is 10.6 Å². The fourth-order valence-corrected chi connectivity index (χ4v) is 1.52. The van der Waals surface area contributed by atoms with Crippen molar-refractivity contribution in [1.29, 1.82) is 0 Å². The Labute approximate surface area is 98.8 Å². The van der Waals surface area contributed by atoms with Crippen LogP contribution in [0.1, 0.15) is 22.3 Å². The van der Waals surface area contributed by atoms with Crippen LogP contribution in [0.2, 0.25) is 5.02 Å². The standard InChI is InChI=1S/C11H13ClN2O2/c1-7-2-3-8(9(12)6-7)11(16)14-5-4-10(13)15/h2-3,6H,4-5H2,1H3,(H2,13,15)(H,14,16). The largest absolute Gasteiger partial charge is 0.370 e. The van der Waals surface area contributed by atoms with E-state index in [0.717, 1.165) is 5.56 Å². The minimum atomic E-state index is -0.449. The summed E-state index contributed by atoms with van der Waals surface area (Å²) in [5, 5.41) is 2.97. The van der Waals surface area contributed by atoms with Crippen molar-refractivity contribution in [3.8, 4) is 0 Å². The second-order valence-electron chi connectivity index (χ2n) is 3.46. The highest BCUT2D eigenvalue weighted by Crippen LogP contribution is 2.17. The molecule has 1 rings (SSSR count). The van der Waals surface area contributed by atoms with E-state index in [4.69, 9.17) is 17.3 Å². The second kappa shape index (κ2) is 5.51. The topological polar surface area (TPSA) is 72.2 Å². The average Bonchev–Trinajstić information content (AvgIpc) is 2.16. The van der Waals surface area contributed by atoms with Crippen molar-refractivity contribution >= 4 is 23.4 Å². The number of hydrogen-bond acceptors (Lipinski definition) is 2. The Balaban J connectivity index is 2.63. The molecule has 2 amide bonds. The highest BCUT2D eigenvalue weighted by Gasteiger charge is 2.09. The van der Waals surface area contributed by atoms with Gasteiger partial charge in [0.15, 0.2) is 0 Å². The van der Waals surface area contributed by atoms with E-state index in [1.54, 1.807) is 18.2 Å². The molecule has 0 saturated heterocycles. The van der Waals surface area contributed by atoms with Crippen molar-refractivity contribution < 1.29 is 9.59 Å². The number of carbonyl (C=O) groups is 2. The Morgan fingerprint density at radius 1 is 1.44 bits per heavy atom. The number of hydrogen-bond donors (Lipinski definition) is 2. The van der Waals surface area contributed by atoms with E-state index in [9.17, 15) is 9.59 Å². The van der Waals surface area contributed by atoms with E-state index in [1.165, 1.54) is 0 Å². The van der Waals surface area contributed by atoms with Crippen molar-refractivity contribution in [1.82, 2.24) is 5.32 Å². The van der Waals surface area contributed by atoms with Crippen LogP contribution in [0.3, 0.4) is 0 Å². The molecule has 1 aromatic carbocycles. The molecule has 3 N–H and O–H groups in total. The zero-order valence-corrected chi connectivity index (χ0v) is 9.67. The number of primary amides is 1. The third-order valence-electron chi connectivity index (χ3n) is 2.03. The molecule has 0 aliphatic heterocycles. The summed E-state index contributed by atoms with van der Waals surface area (Å²) < 4.78 is 0. The highest BCUT2D eigenvalue weighted by molar-refractivity contribution is 6.33. The quantitative estimate of drug-likeness (QED) is 0.832. The maximum absolute atomic E-state index is 11.6. The molecular weight excluding hydrogens is 228 g/mol. The van der Waals surface area contributed by atoms with E-state index < -0.39 is 5.91 Å². The lowest BCUT2D eigenvalue weighted by atomic mass is 10.1. The van der Waals surface area contributed by atoms with Crippen molar-refractivity contribution in [3.63, 3.8) is 0 Å². The van der Waals surface area contributed by atoms with E-state index in [1.807, 2.05) is 6.92 Å². The lowest BCUT2D eigenvalue weighted by molar-refractivity contribution is -0.117. The van der Waals surface area contributed by atoms with E-state index in [0.29, 0.717) is 10.6 Å². The smallest absolute Gasteiger partial charge is 0.252 e. The van der Waals surface area contributed by atoms with Gasteiger partial charge in [0.1, 0.15) is 0 Å². The lowest BCUT2D eigenvalue weighted by Gasteiger charge is -2.06. The monoisotopic (exact) mass is 240 g/mol. The number of halogens is 1. The van der Waals surface area contributed by atoms with Crippen molar-refractivity contribution in [2.75, 3.05) is 6.54 Å². The minimum absolute atomic E-state index is 0.120. The fourth-order valence-electron chi connectivity index (χ4n) is 1.20. The Bertz CT molecular complexity index is 418. The summed E-state index contributed by atoms with van der Waals surface area (Å²) in [5.41, 5.74) is 6.34. The number of benzene rings is 1. The van der Waals surface area contributed by atoms with E-state index in [2.05, 4.69) is 5.32 Å². The highest BCUT2D eigenvalue weighted by atomic mass is 35.5. The third-order valence-corrected chi connectivity index (χ3v) is 2.34. The van der Waals surface area contributed by atoms with Gasteiger partial charge in [-0.1, -0.05) is 17.7 Å². The molecule has 0 unspecified atom stereocenters. The first-order valence-corrected chi connectivity index (χ1v) is 5.21. The number of nitrogens with one attached hydrogen (secondary N) is 1. The van der Waals surface area contributed by atoms with Gasteiger partial charge < -0.3 is 11.1 Å². The summed E-state index contributed by atoms with van der Waals surface area (Å²) in [7, 11) is 0. The molecule has 5 heteroatoms. The predicted molar refractivity (Wildman–Crippen MR) is 62.3 cm³/mol. The van der Waals surface area contributed by atoms with Gasteiger partial charge in [-0.2, -0.15) is 0 Å². The predicted octanol–water partition coefficient (Wildman–Crippen LogP) is 1.25. The molecule has 0 spiro atoms. The molecule has 86 valence electrons. The molecule has 0 aliphatic rings. The van der Waals surface area contributed by atoms with Crippen LogP contribution in [0.5, 0.6) is 0 Å². The van der Waals surface area contributed by atoms with Gasteiger partial charge in [-0.3, -0.25) is 9.59 Å². The Hall–Kier alpha value is -1.55. The Morgan fingerprint density at radius 2 is 2.12 bits per heavy atom. The molecule has 1 aromatic rings. The molecule has 0 heterocycles. The molecule has 0 aliphatic carbocycles. The molecule has 4 nitrogen and oxygen atoms in total.